The van der Waals surface area contributed by atoms with Crippen LogP contribution >= 0.6 is 0 Å². The van der Waals surface area contributed by atoms with E-state index in [4.69, 9.17) is 4.74 Å². The van der Waals surface area contributed by atoms with Crippen LogP contribution in [0.2, 0.25) is 0 Å². The molecule has 1 aromatic rings. The molecule has 6 heteroatoms. The lowest BCUT2D eigenvalue weighted by Gasteiger charge is -2.31. The number of esters is 1. The maximum atomic E-state index is 12.8. The number of amides is 1. The topological polar surface area (TPSA) is 62.7 Å². The van der Waals surface area contributed by atoms with Crippen LogP contribution in [0.15, 0.2) is 18.3 Å². The van der Waals surface area contributed by atoms with E-state index >= 15 is 0 Å². The fraction of sp³-hybridized carbons (Fsp3) is 0.650. The predicted octanol–water partition coefficient (Wildman–Crippen LogP) is 2.88. The average molecular weight is 359 g/mol. The van der Waals surface area contributed by atoms with Crippen molar-refractivity contribution in [3.8, 4) is 0 Å². The molecule has 0 aromatic carbocycles. The van der Waals surface area contributed by atoms with Crippen LogP contribution in [0.5, 0.6) is 0 Å². The third kappa shape index (κ3) is 4.54. The zero-order chi connectivity index (χ0) is 18.4. The molecule has 0 N–H and O–H groups in total. The summed E-state index contributed by atoms with van der Waals surface area (Å²) in [6, 6.07) is 3.81. The van der Waals surface area contributed by atoms with E-state index in [1.54, 1.807) is 18.0 Å². The fourth-order valence-electron chi connectivity index (χ4n) is 3.80. The highest BCUT2D eigenvalue weighted by molar-refractivity contribution is 5.94. The Morgan fingerprint density at radius 3 is 2.54 bits per heavy atom. The van der Waals surface area contributed by atoms with Gasteiger partial charge in [-0.2, -0.15) is 0 Å². The smallest absolute Gasteiger partial charge is 0.310 e. The van der Waals surface area contributed by atoms with Gasteiger partial charge >= 0.3 is 5.97 Å². The van der Waals surface area contributed by atoms with Crippen molar-refractivity contribution in [2.24, 2.45) is 5.92 Å². The van der Waals surface area contributed by atoms with E-state index in [0.29, 0.717) is 25.3 Å². The molecule has 2 fully saturated rings. The lowest BCUT2D eigenvalue weighted by Crippen LogP contribution is -2.42. The van der Waals surface area contributed by atoms with Crippen molar-refractivity contribution in [3.63, 3.8) is 0 Å². The maximum absolute atomic E-state index is 12.8. The second kappa shape index (κ2) is 9.01. The Balaban J connectivity index is 1.63. The molecule has 0 spiro atoms. The van der Waals surface area contributed by atoms with Gasteiger partial charge in [-0.1, -0.05) is 12.8 Å². The van der Waals surface area contributed by atoms with Gasteiger partial charge in [0.25, 0.3) is 5.91 Å². The van der Waals surface area contributed by atoms with Crippen molar-refractivity contribution in [2.75, 3.05) is 37.7 Å². The molecule has 0 aliphatic carbocycles. The molecule has 142 valence electrons. The summed E-state index contributed by atoms with van der Waals surface area (Å²) >= 11 is 0. The predicted molar refractivity (Wildman–Crippen MR) is 100 cm³/mol. The normalized spacial score (nSPS) is 21.2. The van der Waals surface area contributed by atoms with Gasteiger partial charge in [0.05, 0.1) is 18.1 Å². The van der Waals surface area contributed by atoms with Crippen LogP contribution in [0.25, 0.3) is 0 Å². The van der Waals surface area contributed by atoms with Crippen LogP contribution in [-0.2, 0) is 9.53 Å². The molecule has 26 heavy (non-hydrogen) atoms. The Hall–Kier alpha value is -2.11. The van der Waals surface area contributed by atoms with E-state index in [9.17, 15) is 9.59 Å². The number of rotatable bonds is 4. The summed E-state index contributed by atoms with van der Waals surface area (Å²) in [7, 11) is 0. The number of anilines is 1. The molecule has 1 atom stereocenters. The van der Waals surface area contributed by atoms with E-state index in [-0.39, 0.29) is 17.8 Å². The highest BCUT2D eigenvalue weighted by Crippen LogP contribution is 2.21. The summed E-state index contributed by atoms with van der Waals surface area (Å²) in [5.41, 5.74) is 0.591. The molecule has 1 aromatic heterocycles. The molecule has 0 radical (unpaired) electrons. The van der Waals surface area contributed by atoms with E-state index in [0.717, 1.165) is 31.7 Å². The summed E-state index contributed by atoms with van der Waals surface area (Å²) in [5, 5.41) is 0. The summed E-state index contributed by atoms with van der Waals surface area (Å²) in [4.78, 5) is 33.4. The number of carbonyl (C=O) groups is 2. The number of nitrogens with zero attached hydrogens (tertiary/aromatic N) is 3. The highest BCUT2D eigenvalue weighted by Gasteiger charge is 2.30. The van der Waals surface area contributed by atoms with E-state index in [2.05, 4.69) is 9.88 Å². The third-order valence-electron chi connectivity index (χ3n) is 5.25. The minimum Gasteiger partial charge on any atom is -0.466 e. The molecule has 6 nitrogen and oxygen atoms in total. The van der Waals surface area contributed by atoms with Gasteiger partial charge in [-0.15, -0.1) is 0 Å². The molecular formula is C20H29N3O3. The zero-order valence-electron chi connectivity index (χ0n) is 15.7. The summed E-state index contributed by atoms with van der Waals surface area (Å²) < 4.78 is 5.11. The minimum atomic E-state index is -0.211. The first-order chi connectivity index (χ1) is 12.7. The quantitative estimate of drug-likeness (QED) is 0.774. The van der Waals surface area contributed by atoms with Crippen molar-refractivity contribution in [3.05, 3.63) is 23.9 Å². The average Bonchev–Trinajstić information content (AvgIpc) is 2.97. The van der Waals surface area contributed by atoms with Crippen molar-refractivity contribution >= 4 is 17.7 Å². The molecule has 3 heterocycles. The number of ether oxygens (including phenoxy) is 1. The highest BCUT2D eigenvalue weighted by atomic mass is 16.5. The third-order valence-corrected chi connectivity index (χ3v) is 5.25. The zero-order valence-corrected chi connectivity index (χ0v) is 15.7. The lowest BCUT2D eigenvalue weighted by molar-refractivity contribution is -0.149. The van der Waals surface area contributed by atoms with E-state index in [1.807, 2.05) is 12.1 Å². The standard InChI is InChI=1S/C20H29N3O3/c1-2-26-20(25)17-8-7-13-23(15-17)19(24)16-9-10-18(21-14-16)22-11-5-3-4-6-12-22/h9-10,14,17H,2-8,11-13,15H2,1H3. The van der Waals surface area contributed by atoms with Gasteiger partial charge in [0.15, 0.2) is 0 Å². The van der Waals surface area contributed by atoms with Gasteiger partial charge in [-0.25, -0.2) is 4.98 Å². The lowest BCUT2D eigenvalue weighted by atomic mass is 9.97. The van der Waals surface area contributed by atoms with Crippen molar-refractivity contribution in [1.29, 1.82) is 0 Å². The molecule has 2 aliphatic heterocycles. The Labute approximate surface area is 155 Å². The van der Waals surface area contributed by atoms with Gasteiger partial charge in [0.1, 0.15) is 5.82 Å². The second-order valence-electron chi connectivity index (χ2n) is 7.15. The van der Waals surface area contributed by atoms with Crippen LogP contribution in [0.3, 0.4) is 0 Å². The van der Waals surface area contributed by atoms with E-state index < -0.39 is 0 Å². The molecule has 2 aliphatic rings. The van der Waals surface area contributed by atoms with Crippen molar-refractivity contribution in [2.45, 2.75) is 45.4 Å². The Morgan fingerprint density at radius 1 is 1.12 bits per heavy atom. The van der Waals surface area contributed by atoms with Crippen LogP contribution in [0.4, 0.5) is 5.82 Å². The second-order valence-corrected chi connectivity index (χ2v) is 7.15. The number of hydrogen-bond acceptors (Lipinski definition) is 5. The minimum absolute atomic E-state index is 0.0473. The number of carbonyl (C=O) groups excluding carboxylic acids is 2. The molecule has 0 saturated carbocycles. The van der Waals surface area contributed by atoms with Gasteiger partial charge in [0.2, 0.25) is 0 Å². The van der Waals surface area contributed by atoms with Crippen LogP contribution in [0, 0.1) is 5.92 Å². The number of pyridine rings is 1. The first-order valence-electron chi connectivity index (χ1n) is 9.86. The van der Waals surface area contributed by atoms with Gasteiger partial charge in [-0.3, -0.25) is 9.59 Å². The van der Waals surface area contributed by atoms with Crippen LogP contribution < -0.4 is 4.90 Å². The summed E-state index contributed by atoms with van der Waals surface area (Å²) in [5.74, 6) is 0.497. The number of likely N-dealkylation sites (tertiary alicyclic amines) is 1. The molecule has 1 unspecified atom stereocenters. The largest absolute Gasteiger partial charge is 0.466 e. The maximum Gasteiger partial charge on any atom is 0.310 e. The number of piperidine rings is 1. The first-order valence-corrected chi connectivity index (χ1v) is 9.86. The Kier molecular flexibility index (Phi) is 6.47. The van der Waals surface area contributed by atoms with Crippen LogP contribution in [-0.4, -0.2) is 54.5 Å². The first kappa shape index (κ1) is 18.7. The van der Waals surface area contributed by atoms with Crippen molar-refractivity contribution in [1.82, 2.24) is 9.88 Å². The SMILES string of the molecule is CCOC(=O)C1CCCN(C(=O)c2ccc(N3CCCCCC3)nc2)C1. The molecular weight excluding hydrogens is 330 g/mol. The van der Waals surface area contributed by atoms with Crippen LogP contribution in [0.1, 0.15) is 55.8 Å². The monoisotopic (exact) mass is 359 g/mol. The summed E-state index contributed by atoms with van der Waals surface area (Å²) in [6.07, 6.45) is 8.25. The van der Waals surface area contributed by atoms with Gasteiger partial charge < -0.3 is 14.5 Å². The fourth-order valence-corrected chi connectivity index (χ4v) is 3.80. The molecule has 2 saturated heterocycles. The van der Waals surface area contributed by atoms with E-state index in [1.165, 1.54) is 25.7 Å². The number of hydrogen-bond donors (Lipinski definition) is 0. The van der Waals surface area contributed by atoms with Gasteiger partial charge in [0, 0.05) is 32.4 Å². The molecule has 0 bridgehead atoms. The Bertz CT molecular complexity index is 609. The molecule has 3 rings (SSSR count). The summed E-state index contributed by atoms with van der Waals surface area (Å²) in [6.45, 7) is 5.38. The molecule has 1 amide bonds. The number of aromatic nitrogens is 1. The van der Waals surface area contributed by atoms with Gasteiger partial charge in [-0.05, 0) is 44.7 Å². The van der Waals surface area contributed by atoms with Crippen molar-refractivity contribution < 1.29 is 14.3 Å². The Morgan fingerprint density at radius 2 is 1.88 bits per heavy atom.